The van der Waals surface area contributed by atoms with Gasteiger partial charge in [0.15, 0.2) is 0 Å². The van der Waals surface area contributed by atoms with Gasteiger partial charge >= 0.3 is 0 Å². The summed E-state index contributed by atoms with van der Waals surface area (Å²) in [6, 6.07) is 11.7. The Kier molecular flexibility index (Phi) is 8.18. The number of hydrogen-bond acceptors (Lipinski definition) is 4. The zero-order valence-corrected chi connectivity index (χ0v) is 18.6. The second-order valence-electron chi connectivity index (χ2n) is 7.82. The van der Waals surface area contributed by atoms with Gasteiger partial charge in [-0.05, 0) is 55.2 Å². The van der Waals surface area contributed by atoms with Crippen LogP contribution in [0.4, 0.5) is 4.39 Å². The number of halogens is 1. The second-order valence-corrected chi connectivity index (χ2v) is 7.82. The summed E-state index contributed by atoms with van der Waals surface area (Å²) < 4.78 is 19.1. The molecule has 0 saturated carbocycles. The molecule has 2 aromatic carbocycles. The smallest absolute Gasteiger partial charge is 0.256 e. The maximum atomic E-state index is 14.0. The summed E-state index contributed by atoms with van der Waals surface area (Å²) in [4.78, 5) is 39.9. The molecule has 3 rings (SSSR count). The first-order valence-electron chi connectivity index (χ1n) is 10.8. The number of benzene rings is 2. The molecule has 7 nitrogen and oxygen atoms in total. The van der Waals surface area contributed by atoms with Gasteiger partial charge in [-0.25, -0.2) is 4.39 Å². The van der Waals surface area contributed by atoms with Gasteiger partial charge in [0, 0.05) is 25.2 Å². The molecule has 0 unspecified atom stereocenters. The molecule has 1 fully saturated rings. The number of amides is 3. The van der Waals surface area contributed by atoms with Gasteiger partial charge in [-0.15, -0.1) is 6.58 Å². The molecule has 174 valence electrons. The van der Waals surface area contributed by atoms with Gasteiger partial charge in [0.05, 0.1) is 12.7 Å². The van der Waals surface area contributed by atoms with E-state index >= 15 is 0 Å². The Balaban J connectivity index is 1.69. The Hall–Kier alpha value is -3.68. The van der Waals surface area contributed by atoms with Gasteiger partial charge in [-0.2, -0.15) is 0 Å². The third-order valence-electron chi connectivity index (χ3n) is 5.74. The first-order chi connectivity index (χ1) is 15.9. The number of ether oxygens (including phenoxy) is 1. The van der Waals surface area contributed by atoms with Crippen LogP contribution in [-0.2, 0) is 4.79 Å². The van der Waals surface area contributed by atoms with Crippen LogP contribution in [-0.4, -0.2) is 55.4 Å². The number of carbonyl (C=O) groups is 3. The molecule has 3 amide bonds. The summed E-state index contributed by atoms with van der Waals surface area (Å²) in [6.07, 6.45) is 2.56. The zero-order valence-electron chi connectivity index (χ0n) is 18.6. The fourth-order valence-corrected chi connectivity index (χ4v) is 3.89. The van der Waals surface area contributed by atoms with Crippen molar-refractivity contribution in [1.82, 2.24) is 15.5 Å². The van der Waals surface area contributed by atoms with Gasteiger partial charge in [-0.1, -0.05) is 18.2 Å². The third kappa shape index (κ3) is 5.97. The lowest BCUT2D eigenvalue weighted by atomic mass is 9.88. The Labute approximate surface area is 192 Å². The van der Waals surface area contributed by atoms with Crippen LogP contribution in [0.2, 0.25) is 0 Å². The summed E-state index contributed by atoms with van der Waals surface area (Å²) >= 11 is 0. The van der Waals surface area contributed by atoms with Crippen LogP contribution < -0.4 is 15.4 Å². The molecule has 2 aromatic rings. The van der Waals surface area contributed by atoms with Crippen LogP contribution in [0.5, 0.6) is 5.75 Å². The van der Waals surface area contributed by atoms with Crippen LogP contribution in [0.15, 0.2) is 61.2 Å². The summed E-state index contributed by atoms with van der Waals surface area (Å²) in [7, 11) is 1.54. The van der Waals surface area contributed by atoms with E-state index in [9.17, 15) is 18.8 Å². The molecule has 2 N–H and O–H groups in total. The number of hydrogen-bond donors (Lipinski definition) is 2. The first-order valence-corrected chi connectivity index (χ1v) is 10.8. The van der Waals surface area contributed by atoms with E-state index < -0.39 is 11.9 Å². The van der Waals surface area contributed by atoms with Crippen molar-refractivity contribution < 1.29 is 23.5 Å². The molecule has 1 aliphatic heterocycles. The molecule has 1 saturated heterocycles. The minimum atomic E-state index is -0.773. The Morgan fingerprint density at radius 2 is 1.82 bits per heavy atom. The van der Waals surface area contributed by atoms with Crippen molar-refractivity contribution >= 4 is 17.7 Å². The lowest BCUT2D eigenvalue weighted by molar-refractivity contribution is -0.124. The highest BCUT2D eigenvalue weighted by Gasteiger charge is 2.34. The Bertz CT molecular complexity index is 1000. The van der Waals surface area contributed by atoms with Crippen molar-refractivity contribution in [3.8, 4) is 5.75 Å². The predicted octanol–water partition coefficient (Wildman–Crippen LogP) is 2.79. The van der Waals surface area contributed by atoms with E-state index in [0.717, 1.165) is 0 Å². The van der Waals surface area contributed by atoms with Crippen LogP contribution in [0.3, 0.4) is 0 Å². The van der Waals surface area contributed by atoms with E-state index in [1.165, 1.54) is 18.2 Å². The van der Waals surface area contributed by atoms with Crippen LogP contribution in [0, 0.1) is 11.7 Å². The third-order valence-corrected chi connectivity index (χ3v) is 5.74. The minimum Gasteiger partial charge on any atom is -0.497 e. The summed E-state index contributed by atoms with van der Waals surface area (Å²) in [5.41, 5.74) is 0.438. The fourth-order valence-electron chi connectivity index (χ4n) is 3.89. The molecule has 0 spiro atoms. The fraction of sp³-hybridized carbons (Fsp3) is 0.320. The quantitative estimate of drug-likeness (QED) is 0.602. The predicted molar refractivity (Wildman–Crippen MR) is 122 cm³/mol. The van der Waals surface area contributed by atoms with Crippen molar-refractivity contribution in [2.45, 2.75) is 18.9 Å². The molecule has 33 heavy (non-hydrogen) atoms. The number of piperidine rings is 1. The van der Waals surface area contributed by atoms with Gasteiger partial charge in [0.2, 0.25) is 5.91 Å². The highest BCUT2D eigenvalue weighted by molar-refractivity contribution is 5.98. The highest BCUT2D eigenvalue weighted by Crippen LogP contribution is 2.24. The monoisotopic (exact) mass is 453 g/mol. The average molecular weight is 454 g/mol. The highest BCUT2D eigenvalue weighted by atomic mass is 19.1. The van der Waals surface area contributed by atoms with Crippen LogP contribution in [0.1, 0.15) is 33.6 Å². The average Bonchev–Trinajstić information content (AvgIpc) is 2.85. The van der Waals surface area contributed by atoms with Crippen molar-refractivity contribution in [2.24, 2.45) is 5.92 Å². The molecule has 1 aliphatic rings. The normalized spacial score (nSPS) is 14.8. The first kappa shape index (κ1) is 24.0. The van der Waals surface area contributed by atoms with E-state index in [1.54, 1.807) is 48.4 Å². The Morgan fingerprint density at radius 1 is 1.15 bits per heavy atom. The molecule has 0 bridgehead atoms. The molecule has 0 radical (unpaired) electrons. The SMILES string of the molecule is C=CCNC(=O)[C@@H](NC(=O)c1ccc(OC)cc1)C1CCN(C(=O)c2ccccc2F)CC1. The maximum Gasteiger partial charge on any atom is 0.256 e. The molecule has 0 aromatic heterocycles. The van der Waals surface area contributed by atoms with Gasteiger partial charge in [0.1, 0.15) is 17.6 Å². The Morgan fingerprint density at radius 3 is 2.42 bits per heavy atom. The van der Waals surface area contributed by atoms with Crippen LogP contribution in [0.25, 0.3) is 0 Å². The minimum absolute atomic E-state index is 0.0315. The second kappa shape index (κ2) is 11.3. The standard InChI is InChI=1S/C25H28FN3O4/c1-3-14-27-24(31)22(28-23(30)18-8-10-19(33-2)11-9-18)17-12-15-29(16-13-17)25(32)20-6-4-5-7-21(20)26/h3-11,17,22H,1,12-16H2,2H3,(H,27,31)(H,28,30)/t22-/m0/s1. The van der Waals surface area contributed by atoms with E-state index in [2.05, 4.69) is 17.2 Å². The van der Waals surface area contributed by atoms with Crippen molar-refractivity contribution in [1.29, 1.82) is 0 Å². The molecular weight excluding hydrogens is 425 g/mol. The largest absolute Gasteiger partial charge is 0.497 e. The number of methoxy groups -OCH3 is 1. The van der Waals surface area contributed by atoms with Crippen molar-refractivity contribution in [3.05, 3.63) is 78.1 Å². The van der Waals surface area contributed by atoms with E-state index in [4.69, 9.17) is 4.74 Å². The molecular formula is C25H28FN3O4. The van der Waals surface area contributed by atoms with Gasteiger partial charge in [0.25, 0.3) is 11.8 Å². The number of likely N-dealkylation sites (tertiary alicyclic amines) is 1. The van der Waals surface area contributed by atoms with Gasteiger partial charge in [-0.3, -0.25) is 14.4 Å². The molecule has 1 heterocycles. The molecule has 1 atom stereocenters. The summed E-state index contributed by atoms with van der Waals surface area (Å²) in [5.74, 6) is -1.17. The van der Waals surface area contributed by atoms with Gasteiger partial charge < -0.3 is 20.3 Å². The lowest BCUT2D eigenvalue weighted by Gasteiger charge is -2.36. The number of nitrogens with zero attached hydrogens (tertiary/aromatic N) is 1. The summed E-state index contributed by atoms with van der Waals surface area (Å²) in [6.45, 7) is 4.61. The molecule has 0 aliphatic carbocycles. The van der Waals surface area contributed by atoms with Crippen LogP contribution >= 0.6 is 0 Å². The number of nitrogens with one attached hydrogen (secondary N) is 2. The lowest BCUT2D eigenvalue weighted by Crippen LogP contribution is -2.53. The van der Waals surface area contributed by atoms with Crippen molar-refractivity contribution in [2.75, 3.05) is 26.7 Å². The number of carbonyl (C=O) groups excluding carboxylic acids is 3. The number of rotatable bonds is 8. The van der Waals surface area contributed by atoms with E-state index in [1.807, 2.05) is 0 Å². The zero-order chi connectivity index (χ0) is 23.8. The topological polar surface area (TPSA) is 87.7 Å². The maximum absolute atomic E-state index is 14.0. The van der Waals surface area contributed by atoms with E-state index in [-0.39, 0.29) is 35.7 Å². The summed E-state index contributed by atoms with van der Waals surface area (Å²) in [5, 5.41) is 5.59. The van der Waals surface area contributed by atoms with E-state index in [0.29, 0.717) is 37.2 Å². The van der Waals surface area contributed by atoms with Crippen molar-refractivity contribution in [3.63, 3.8) is 0 Å². The molecule has 8 heteroatoms.